The maximum atomic E-state index is 13.7. The molecule has 0 spiro atoms. The average Bonchev–Trinajstić information content (AvgIpc) is 3.37. The van der Waals surface area contributed by atoms with E-state index in [2.05, 4.69) is 66.9 Å². The predicted octanol–water partition coefficient (Wildman–Crippen LogP) is 7.92. The van der Waals surface area contributed by atoms with Crippen LogP contribution in [0.2, 0.25) is 0 Å². The van der Waals surface area contributed by atoms with Crippen LogP contribution < -0.4 is 0 Å². The Morgan fingerprint density at radius 3 is 2.18 bits per heavy atom. The number of aromatic nitrogens is 2. The Kier molecular flexibility index (Phi) is 4.48. The lowest BCUT2D eigenvalue weighted by Crippen LogP contribution is -2.23. The second-order valence-corrected chi connectivity index (χ2v) is 8.83. The van der Waals surface area contributed by atoms with Crippen molar-refractivity contribution in [2.45, 2.75) is 32.1 Å². The predicted molar refractivity (Wildman–Crippen MR) is 133 cm³/mol. The summed E-state index contributed by atoms with van der Waals surface area (Å²) >= 11 is 0. The van der Waals surface area contributed by atoms with Crippen molar-refractivity contribution in [3.63, 3.8) is 0 Å². The molecule has 162 valence electrons. The molecule has 0 fully saturated rings. The maximum absolute atomic E-state index is 13.7. The summed E-state index contributed by atoms with van der Waals surface area (Å²) in [6, 6.07) is 30.3. The van der Waals surface area contributed by atoms with Gasteiger partial charge in [-0.05, 0) is 83.6 Å². The molecule has 0 saturated carbocycles. The molecule has 1 aliphatic rings. The van der Waals surface area contributed by atoms with Crippen molar-refractivity contribution in [1.29, 1.82) is 0 Å². The molecule has 0 N–H and O–H groups in total. The zero-order chi connectivity index (χ0) is 22.6. The highest BCUT2D eigenvalue weighted by Crippen LogP contribution is 2.53. The van der Waals surface area contributed by atoms with Gasteiger partial charge in [-0.1, -0.05) is 56.3 Å². The van der Waals surface area contributed by atoms with Gasteiger partial charge in [0.25, 0.3) is 0 Å². The first kappa shape index (κ1) is 19.9. The first-order valence-electron chi connectivity index (χ1n) is 11.6. The van der Waals surface area contributed by atoms with Crippen LogP contribution in [0.25, 0.3) is 39.2 Å². The molecule has 0 atom stereocenters. The number of halogens is 1. The van der Waals surface area contributed by atoms with Gasteiger partial charge in [-0.15, -0.1) is 0 Å². The van der Waals surface area contributed by atoms with E-state index < -0.39 is 0 Å². The van der Waals surface area contributed by atoms with Gasteiger partial charge < -0.3 is 0 Å². The number of fused-ring (bicyclic) bond motifs is 4. The van der Waals surface area contributed by atoms with E-state index in [9.17, 15) is 4.39 Å². The number of hydrogen-bond donors (Lipinski definition) is 0. The summed E-state index contributed by atoms with van der Waals surface area (Å²) in [6.07, 6.45) is 2.09. The summed E-state index contributed by atoms with van der Waals surface area (Å²) in [6.45, 7) is 4.58. The van der Waals surface area contributed by atoms with Gasteiger partial charge >= 0.3 is 0 Å². The molecule has 1 aromatic heterocycles. The van der Waals surface area contributed by atoms with Crippen LogP contribution in [0.1, 0.15) is 37.8 Å². The molecule has 0 radical (unpaired) electrons. The molecule has 0 unspecified atom stereocenters. The third kappa shape index (κ3) is 2.82. The second-order valence-electron chi connectivity index (χ2n) is 8.83. The number of rotatable bonds is 4. The monoisotopic (exact) mass is 432 g/mol. The largest absolute Gasteiger partial charge is 0.292 e. The molecule has 4 aromatic carbocycles. The number of nitrogens with zero attached hydrogens (tertiary/aromatic N) is 2. The van der Waals surface area contributed by atoms with Gasteiger partial charge in [-0.2, -0.15) is 0 Å². The fourth-order valence-electron chi connectivity index (χ4n) is 5.67. The Balaban J connectivity index is 1.70. The van der Waals surface area contributed by atoms with Crippen molar-refractivity contribution in [3.8, 4) is 28.2 Å². The molecule has 0 amide bonds. The van der Waals surface area contributed by atoms with Crippen LogP contribution >= 0.6 is 0 Å². The van der Waals surface area contributed by atoms with Crippen LogP contribution in [0.4, 0.5) is 4.39 Å². The third-order valence-electron chi connectivity index (χ3n) is 7.37. The standard InChI is InChI=1S/C30H25FN2/c1-3-30(4-2)25-13-9-8-12-23(25)24-18-27-28(19-26(24)30)33(22-10-6-5-7-11-22)29(32-27)20-14-16-21(31)17-15-20/h5-19H,3-4H2,1-2H3. The van der Waals surface area contributed by atoms with Crippen LogP contribution in [0.5, 0.6) is 0 Å². The summed E-state index contributed by atoms with van der Waals surface area (Å²) in [5, 5.41) is 0. The molecule has 6 rings (SSSR count). The average molecular weight is 433 g/mol. The van der Waals surface area contributed by atoms with Crippen LogP contribution in [0.15, 0.2) is 91.0 Å². The van der Waals surface area contributed by atoms with E-state index in [1.54, 1.807) is 12.1 Å². The fraction of sp³-hybridized carbons (Fsp3) is 0.167. The molecule has 3 heteroatoms. The van der Waals surface area contributed by atoms with E-state index in [4.69, 9.17) is 4.98 Å². The summed E-state index contributed by atoms with van der Waals surface area (Å²) in [5.41, 5.74) is 9.38. The number of imidazole rings is 1. The summed E-state index contributed by atoms with van der Waals surface area (Å²) in [7, 11) is 0. The highest BCUT2D eigenvalue weighted by molar-refractivity contribution is 5.93. The molecule has 0 bridgehead atoms. The maximum Gasteiger partial charge on any atom is 0.145 e. The summed E-state index contributed by atoms with van der Waals surface area (Å²) in [5.74, 6) is 0.583. The third-order valence-corrected chi connectivity index (χ3v) is 7.37. The van der Waals surface area contributed by atoms with Gasteiger partial charge in [-0.3, -0.25) is 4.57 Å². The molecule has 2 nitrogen and oxygen atoms in total. The molecule has 5 aromatic rings. The molecular formula is C30H25FN2. The van der Waals surface area contributed by atoms with Crippen LogP contribution in [-0.4, -0.2) is 9.55 Å². The van der Waals surface area contributed by atoms with E-state index in [-0.39, 0.29) is 11.2 Å². The molecule has 0 saturated heterocycles. The van der Waals surface area contributed by atoms with E-state index in [0.29, 0.717) is 0 Å². The van der Waals surface area contributed by atoms with Gasteiger partial charge in [0.15, 0.2) is 0 Å². The van der Waals surface area contributed by atoms with Crippen molar-refractivity contribution in [1.82, 2.24) is 9.55 Å². The van der Waals surface area contributed by atoms with Crippen molar-refractivity contribution >= 4 is 11.0 Å². The Morgan fingerprint density at radius 1 is 0.758 bits per heavy atom. The van der Waals surface area contributed by atoms with E-state index in [0.717, 1.165) is 41.0 Å². The lowest BCUT2D eigenvalue weighted by molar-refractivity contribution is 0.491. The first-order chi connectivity index (χ1) is 16.2. The number of benzene rings is 4. The molecule has 1 heterocycles. The zero-order valence-corrected chi connectivity index (χ0v) is 18.8. The lowest BCUT2D eigenvalue weighted by Gasteiger charge is -2.29. The second kappa shape index (κ2) is 7.41. The van der Waals surface area contributed by atoms with Crippen LogP contribution in [0.3, 0.4) is 0 Å². The smallest absolute Gasteiger partial charge is 0.145 e. The number of hydrogen-bond acceptors (Lipinski definition) is 1. The van der Waals surface area contributed by atoms with Crippen LogP contribution in [0, 0.1) is 5.82 Å². The van der Waals surface area contributed by atoms with Gasteiger partial charge in [-0.25, -0.2) is 9.37 Å². The van der Waals surface area contributed by atoms with Crippen molar-refractivity contribution in [2.24, 2.45) is 0 Å². The first-order valence-corrected chi connectivity index (χ1v) is 11.6. The Bertz CT molecular complexity index is 1480. The minimum atomic E-state index is -0.243. The summed E-state index contributed by atoms with van der Waals surface area (Å²) in [4.78, 5) is 5.08. The number of para-hydroxylation sites is 1. The van der Waals surface area contributed by atoms with Gasteiger partial charge in [0.2, 0.25) is 0 Å². The fourth-order valence-corrected chi connectivity index (χ4v) is 5.67. The summed E-state index contributed by atoms with van der Waals surface area (Å²) < 4.78 is 15.9. The Hall–Kier alpha value is -3.72. The van der Waals surface area contributed by atoms with Gasteiger partial charge in [0, 0.05) is 16.7 Å². The quantitative estimate of drug-likeness (QED) is 0.282. The van der Waals surface area contributed by atoms with Crippen molar-refractivity contribution in [3.05, 3.63) is 108 Å². The van der Waals surface area contributed by atoms with E-state index in [1.807, 2.05) is 18.2 Å². The topological polar surface area (TPSA) is 17.8 Å². The Labute approximate surface area is 193 Å². The highest BCUT2D eigenvalue weighted by Gasteiger charge is 2.41. The van der Waals surface area contributed by atoms with Crippen molar-refractivity contribution in [2.75, 3.05) is 0 Å². The van der Waals surface area contributed by atoms with Crippen LogP contribution in [-0.2, 0) is 5.41 Å². The SMILES string of the molecule is CCC1(CC)c2ccccc2-c2cc3nc(-c4ccc(F)cc4)n(-c4ccccc4)c3cc21. The van der Waals surface area contributed by atoms with E-state index in [1.165, 1.54) is 34.4 Å². The van der Waals surface area contributed by atoms with Gasteiger partial charge in [0.1, 0.15) is 11.6 Å². The normalized spacial score (nSPS) is 13.8. The minimum Gasteiger partial charge on any atom is -0.292 e. The molecule has 0 aliphatic heterocycles. The molecule has 1 aliphatic carbocycles. The highest BCUT2D eigenvalue weighted by atomic mass is 19.1. The minimum absolute atomic E-state index is 0.00193. The molecule has 33 heavy (non-hydrogen) atoms. The lowest BCUT2D eigenvalue weighted by atomic mass is 9.74. The van der Waals surface area contributed by atoms with E-state index >= 15 is 0 Å². The van der Waals surface area contributed by atoms with Gasteiger partial charge in [0.05, 0.1) is 11.0 Å². The molecular weight excluding hydrogens is 407 g/mol. The van der Waals surface area contributed by atoms with Crippen molar-refractivity contribution < 1.29 is 4.39 Å². The Morgan fingerprint density at radius 2 is 1.45 bits per heavy atom. The zero-order valence-electron chi connectivity index (χ0n) is 18.8.